The molecule has 2 radical (unpaired) electrons. The Labute approximate surface area is 78.5 Å². The molecule has 2 heteroatoms. The molecule has 0 bridgehead atoms. The standard InChI is InChI=1S/C10H12ClN/c11-10-7-2-1-5-9(10)6-3-4-8-12/h1-2,5,7H,3-4,6,8H2. The molecule has 0 heterocycles. The van der Waals surface area contributed by atoms with E-state index in [9.17, 15) is 0 Å². The summed E-state index contributed by atoms with van der Waals surface area (Å²) in [6.45, 7) is 0.268. The van der Waals surface area contributed by atoms with E-state index in [2.05, 4.69) is 0 Å². The molecule has 0 fully saturated rings. The van der Waals surface area contributed by atoms with Crippen LogP contribution in [0.3, 0.4) is 0 Å². The zero-order valence-corrected chi connectivity index (χ0v) is 7.72. The Kier molecular flexibility index (Phi) is 4.12. The second-order valence-electron chi connectivity index (χ2n) is 2.77. The van der Waals surface area contributed by atoms with Crippen molar-refractivity contribution in [3.05, 3.63) is 34.9 Å². The van der Waals surface area contributed by atoms with Crippen LogP contribution in [0.25, 0.3) is 0 Å². The number of aryl methyl sites for hydroxylation is 1. The van der Waals surface area contributed by atoms with Crippen LogP contribution in [0.4, 0.5) is 0 Å². The van der Waals surface area contributed by atoms with Gasteiger partial charge in [-0.3, -0.25) is 0 Å². The largest absolute Gasteiger partial charge is 0.145 e. The second kappa shape index (κ2) is 5.18. The maximum Gasteiger partial charge on any atom is 0.0437 e. The van der Waals surface area contributed by atoms with E-state index >= 15 is 0 Å². The van der Waals surface area contributed by atoms with Crippen molar-refractivity contribution in [1.29, 1.82) is 0 Å². The molecule has 0 N–H and O–H groups in total. The number of hydrogen-bond acceptors (Lipinski definition) is 0. The normalized spacial score (nSPS) is 10.2. The van der Waals surface area contributed by atoms with Crippen molar-refractivity contribution in [3.63, 3.8) is 0 Å². The van der Waals surface area contributed by atoms with E-state index in [1.807, 2.05) is 24.3 Å². The van der Waals surface area contributed by atoms with Gasteiger partial charge in [0.15, 0.2) is 0 Å². The lowest BCUT2D eigenvalue weighted by Gasteiger charge is -2.01. The lowest BCUT2D eigenvalue weighted by molar-refractivity contribution is 0.735. The van der Waals surface area contributed by atoms with E-state index in [4.69, 9.17) is 17.3 Å². The second-order valence-corrected chi connectivity index (χ2v) is 3.18. The molecule has 0 spiro atoms. The molecular weight excluding hydrogens is 170 g/mol. The molecule has 0 aliphatic carbocycles. The first-order chi connectivity index (χ1) is 5.84. The summed E-state index contributed by atoms with van der Waals surface area (Å²) >= 11 is 5.94. The van der Waals surface area contributed by atoms with E-state index < -0.39 is 0 Å². The van der Waals surface area contributed by atoms with Gasteiger partial charge in [-0.15, -0.1) is 5.73 Å². The van der Waals surface area contributed by atoms with Gasteiger partial charge in [-0.2, -0.15) is 0 Å². The minimum atomic E-state index is 0.268. The number of nitrogens with zero attached hydrogens (tertiary/aromatic N) is 1. The lowest BCUT2D eigenvalue weighted by Crippen LogP contribution is -1.90. The molecule has 1 aromatic rings. The van der Waals surface area contributed by atoms with Gasteiger partial charge in [0, 0.05) is 11.6 Å². The Balaban J connectivity index is 2.46. The van der Waals surface area contributed by atoms with Crippen LogP contribution in [0.1, 0.15) is 18.4 Å². The van der Waals surface area contributed by atoms with Crippen molar-refractivity contribution in [3.8, 4) is 0 Å². The molecule has 0 aliphatic heterocycles. The van der Waals surface area contributed by atoms with Crippen LogP contribution in [0.15, 0.2) is 24.3 Å². The summed E-state index contributed by atoms with van der Waals surface area (Å²) in [4.78, 5) is 0. The highest BCUT2D eigenvalue weighted by atomic mass is 35.5. The predicted octanol–water partition coefficient (Wildman–Crippen LogP) is 2.73. The van der Waals surface area contributed by atoms with Gasteiger partial charge in [0.05, 0.1) is 0 Å². The van der Waals surface area contributed by atoms with Crippen LogP contribution in [-0.2, 0) is 6.42 Å². The van der Waals surface area contributed by atoms with Gasteiger partial charge in [0.25, 0.3) is 0 Å². The molecule has 0 atom stereocenters. The van der Waals surface area contributed by atoms with E-state index in [0.717, 1.165) is 24.3 Å². The molecular formula is C10H12ClN. The zero-order valence-electron chi connectivity index (χ0n) is 6.96. The molecule has 0 aliphatic rings. The average molecular weight is 182 g/mol. The van der Waals surface area contributed by atoms with Gasteiger partial charge < -0.3 is 0 Å². The summed E-state index contributed by atoms with van der Waals surface area (Å²) in [5, 5.41) is 0.829. The molecule has 1 aromatic carbocycles. The molecule has 0 aromatic heterocycles. The van der Waals surface area contributed by atoms with Crippen molar-refractivity contribution in [1.82, 2.24) is 5.73 Å². The third kappa shape index (κ3) is 2.84. The van der Waals surface area contributed by atoms with E-state index in [1.165, 1.54) is 5.56 Å². The van der Waals surface area contributed by atoms with Crippen LogP contribution in [0.2, 0.25) is 5.02 Å². The minimum Gasteiger partial charge on any atom is -0.145 e. The van der Waals surface area contributed by atoms with E-state index in [-0.39, 0.29) is 6.54 Å². The number of benzene rings is 1. The SMILES string of the molecule is [N]CCCCc1ccccc1Cl. The van der Waals surface area contributed by atoms with Crippen molar-refractivity contribution >= 4 is 11.6 Å². The first kappa shape index (κ1) is 9.56. The highest BCUT2D eigenvalue weighted by Crippen LogP contribution is 2.16. The predicted molar refractivity (Wildman–Crippen MR) is 51.4 cm³/mol. The number of hydrogen-bond donors (Lipinski definition) is 0. The van der Waals surface area contributed by atoms with Gasteiger partial charge in [-0.05, 0) is 30.9 Å². The maximum absolute atomic E-state index is 8.58. The average Bonchev–Trinajstić information content (AvgIpc) is 2.09. The summed E-state index contributed by atoms with van der Waals surface area (Å²) in [7, 11) is 0. The van der Waals surface area contributed by atoms with Crippen LogP contribution >= 0.6 is 11.6 Å². The summed E-state index contributed by atoms with van der Waals surface area (Å²) in [6, 6.07) is 7.84. The topological polar surface area (TPSA) is 22.3 Å². The molecule has 12 heavy (non-hydrogen) atoms. The maximum atomic E-state index is 8.58. The fourth-order valence-corrected chi connectivity index (χ4v) is 1.36. The van der Waals surface area contributed by atoms with Crippen molar-refractivity contribution < 1.29 is 0 Å². The van der Waals surface area contributed by atoms with Crippen LogP contribution in [-0.4, -0.2) is 6.54 Å². The Hall–Kier alpha value is -0.530. The third-order valence-corrected chi connectivity index (χ3v) is 2.18. The van der Waals surface area contributed by atoms with Gasteiger partial charge in [0.1, 0.15) is 0 Å². The summed E-state index contributed by atoms with van der Waals surface area (Å²) in [5.74, 6) is 0. The van der Waals surface area contributed by atoms with E-state index in [0.29, 0.717) is 0 Å². The zero-order chi connectivity index (χ0) is 8.81. The number of halogens is 1. The Morgan fingerprint density at radius 1 is 1.17 bits per heavy atom. The third-order valence-electron chi connectivity index (χ3n) is 1.81. The highest BCUT2D eigenvalue weighted by Gasteiger charge is 1.97. The van der Waals surface area contributed by atoms with Crippen molar-refractivity contribution in [2.24, 2.45) is 0 Å². The fraction of sp³-hybridized carbons (Fsp3) is 0.400. The van der Waals surface area contributed by atoms with Crippen LogP contribution < -0.4 is 5.73 Å². The molecule has 0 saturated heterocycles. The molecule has 0 saturated carbocycles. The van der Waals surface area contributed by atoms with Gasteiger partial charge in [0.2, 0.25) is 0 Å². The molecule has 1 nitrogen and oxygen atoms in total. The first-order valence-corrected chi connectivity index (χ1v) is 4.56. The van der Waals surface area contributed by atoms with Gasteiger partial charge in [-0.1, -0.05) is 29.8 Å². The molecule has 0 unspecified atom stereocenters. The molecule has 64 valence electrons. The first-order valence-electron chi connectivity index (χ1n) is 4.19. The number of unbranched alkanes of at least 4 members (excludes halogenated alkanes) is 1. The molecule has 1 rings (SSSR count). The number of rotatable bonds is 4. The Morgan fingerprint density at radius 3 is 2.58 bits per heavy atom. The summed E-state index contributed by atoms with van der Waals surface area (Å²) < 4.78 is 0. The monoisotopic (exact) mass is 181 g/mol. The highest BCUT2D eigenvalue weighted by molar-refractivity contribution is 6.31. The lowest BCUT2D eigenvalue weighted by atomic mass is 10.1. The smallest absolute Gasteiger partial charge is 0.0437 e. The summed E-state index contributed by atoms with van der Waals surface area (Å²) in [5.41, 5.74) is 9.75. The van der Waals surface area contributed by atoms with Crippen LogP contribution in [0.5, 0.6) is 0 Å². The van der Waals surface area contributed by atoms with Crippen molar-refractivity contribution in [2.75, 3.05) is 6.54 Å². The Morgan fingerprint density at radius 2 is 1.92 bits per heavy atom. The van der Waals surface area contributed by atoms with Crippen molar-refractivity contribution in [2.45, 2.75) is 19.3 Å². The van der Waals surface area contributed by atoms with E-state index in [1.54, 1.807) is 0 Å². The van der Waals surface area contributed by atoms with Gasteiger partial charge >= 0.3 is 0 Å². The quantitative estimate of drug-likeness (QED) is 0.638. The Bertz CT molecular complexity index is 235. The van der Waals surface area contributed by atoms with Gasteiger partial charge in [-0.25, -0.2) is 0 Å². The minimum absolute atomic E-state index is 0.268. The van der Waals surface area contributed by atoms with Crippen LogP contribution in [0, 0.1) is 0 Å². The fourth-order valence-electron chi connectivity index (χ4n) is 1.13. The molecule has 0 amide bonds. The summed E-state index contributed by atoms with van der Waals surface area (Å²) in [6.07, 6.45) is 2.81.